The number of fused-ring (bicyclic) bond motifs is 1. The Labute approximate surface area is 132 Å². The van der Waals surface area contributed by atoms with E-state index in [1.165, 1.54) is 16.9 Å². The molecule has 1 aromatic heterocycles. The van der Waals surface area contributed by atoms with Crippen LogP contribution in [-0.2, 0) is 23.3 Å². The molecule has 4 nitrogen and oxygen atoms in total. The number of thiazole rings is 1. The van der Waals surface area contributed by atoms with Crippen molar-refractivity contribution in [2.24, 2.45) is 0 Å². The quantitative estimate of drug-likeness (QED) is 0.912. The van der Waals surface area contributed by atoms with E-state index in [4.69, 9.17) is 11.6 Å². The van der Waals surface area contributed by atoms with E-state index in [9.17, 15) is 4.79 Å². The topological polar surface area (TPSA) is 54.0 Å². The van der Waals surface area contributed by atoms with Crippen LogP contribution in [0.25, 0.3) is 0 Å². The Hall–Kier alpha value is -1.59. The molecule has 0 saturated heterocycles. The van der Waals surface area contributed by atoms with Crippen LogP contribution in [0.2, 0.25) is 4.47 Å². The number of nitrogens with zero attached hydrogens (tertiary/aromatic N) is 1. The van der Waals surface area contributed by atoms with Crippen molar-refractivity contribution in [1.29, 1.82) is 0 Å². The summed E-state index contributed by atoms with van der Waals surface area (Å²) in [5.74, 6) is 0.0684. The van der Waals surface area contributed by atoms with Crippen LogP contribution in [0.4, 0.5) is 5.69 Å². The number of hydrogen-bond acceptors (Lipinski definition) is 4. The molecular formula is C15H16ClN3OS. The molecule has 1 aromatic carbocycles. The molecule has 3 rings (SSSR count). The van der Waals surface area contributed by atoms with Crippen LogP contribution in [0.5, 0.6) is 0 Å². The number of rotatable bonds is 3. The summed E-state index contributed by atoms with van der Waals surface area (Å²) in [4.78, 5) is 16.9. The van der Waals surface area contributed by atoms with Crippen LogP contribution in [0, 0.1) is 0 Å². The average Bonchev–Trinajstić information content (AvgIpc) is 2.80. The van der Waals surface area contributed by atoms with E-state index in [1.807, 2.05) is 19.9 Å². The third-order valence-electron chi connectivity index (χ3n) is 3.57. The minimum Gasteiger partial charge on any atom is -0.380 e. The molecule has 0 saturated carbocycles. The summed E-state index contributed by atoms with van der Waals surface area (Å²) in [6.45, 7) is 4.73. The van der Waals surface area contributed by atoms with Gasteiger partial charge in [0.1, 0.15) is 0 Å². The molecule has 0 fully saturated rings. The molecule has 2 heterocycles. The van der Waals surface area contributed by atoms with Gasteiger partial charge < -0.3 is 10.6 Å². The van der Waals surface area contributed by atoms with Crippen LogP contribution in [0.15, 0.2) is 24.4 Å². The molecule has 0 bridgehead atoms. The van der Waals surface area contributed by atoms with Gasteiger partial charge in [0, 0.05) is 16.8 Å². The Morgan fingerprint density at radius 2 is 2.29 bits per heavy atom. The molecule has 0 spiro atoms. The number of carbonyl (C=O) groups excluding carboxylic acids is 1. The molecule has 1 aliphatic heterocycles. The predicted molar refractivity (Wildman–Crippen MR) is 85.8 cm³/mol. The molecule has 2 aromatic rings. The number of halogens is 1. The van der Waals surface area contributed by atoms with Crippen molar-refractivity contribution >= 4 is 34.5 Å². The van der Waals surface area contributed by atoms with E-state index >= 15 is 0 Å². The third kappa shape index (κ3) is 3.04. The van der Waals surface area contributed by atoms with Gasteiger partial charge in [-0.25, -0.2) is 4.98 Å². The smallest absolute Gasteiger partial charge is 0.225 e. The standard InChI is InChI=1S/C15H16ClN3OS/c1-15(2)12-4-3-10(5-9(12)6-13(20)19-15)17-7-11-8-18-14(16)21-11/h3-5,8,17H,6-7H2,1-2H3,(H,19,20). The monoisotopic (exact) mass is 321 g/mol. The summed E-state index contributed by atoms with van der Waals surface area (Å²) in [6, 6.07) is 6.18. The third-order valence-corrected chi connectivity index (χ3v) is 4.69. The van der Waals surface area contributed by atoms with Gasteiger partial charge in [0.2, 0.25) is 5.91 Å². The molecule has 2 N–H and O–H groups in total. The number of anilines is 1. The maximum atomic E-state index is 11.8. The van der Waals surface area contributed by atoms with Gasteiger partial charge in [0.15, 0.2) is 4.47 Å². The van der Waals surface area contributed by atoms with Crippen molar-refractivity contribution in [2.75, 3.05) is 5.32 Å². The Balaban J connectivity index is 1.79. The lowest BCUT2D eigenvalue weighted by Gasteiger charge is -2.33. The van der Waals surface area contributed by atoms with Crippen molar-refractivity contribution in [1.82, 2.24) is 10.3 Å². The minimum atomic E-state index is -0.311. The maximum absolute atomic E-state index is 11.8. The molecule has 21 heavy (non-hydrogen) atoms. The molecule has 6 heteroatoms. The van der Waals surface area contributed by atoms with Gasteiger partial charge in [-0.3, -0.25) is 4.79 Å². The van der Waals surface area contributed by atoms with Crippen LogP contribution < -0.4 is 10.6 Å². The largest absolute Gasteiger partial charge is 0.380 e. The predicted octanol–water partition coefficient (Wildman–Crippen LogP) is 3.32. The lowest BCUT2D eigenvalue weighted by molar-refractivity contribution is -0.122. The lowest BCUT2D eigenvalue weighted by atomic mass is 9.85. The fourth-order valence-corrected chi connectivity index (χ4v) is 3.56. The zero-order chi connectivity index (χ0) is 15.0. The molecule has 0 unspecified atom stereocenters. The Bertz CT molecular complexity index is 696. The van der Waals surface area contributed by atoms with Gasteiger partial charge >= 0.3 is 0 Å². The molecule has 0 atom stereocenters. The first kappa shape index (κ1) is 14.4. The van der Waals surface area contributed by atoms with E-state index < -0.39 is 0 Å². The SMILES string of the molecule is CC1(C)NC(=O)Cc2cc(NCc3cnc(Cl)s3)ccc21. The van der Waals surface area contributed by atoms with Gasteiger partial charge in [0.25, 0.3) is 0 Å². The van der Waals surface area contributed by atoms with Gasteiger partial charge in [0.05, 0.1) is 18.5 Å². The highest BCUT2D eigenvalue weighted by molar-refractivity contribution is 7.15. The second-order valence-corrected chi connectivity index (χ2v) is 7.35. The normalized spacial score (nSPS) is 16.2. The fourth-order valence-electron chi connectivity index (χ4n) is 2.65. The van der Waals surface area contributed by atoms with Crippen molar-refractivity contribution in [3.05, 3.63) is 44.9 Å². The summed E-state index contributed by atoms with van der Waals surface area (Å²) in [7, 11) is 0. The summed E-state index contributed by atoms with van der Waals surface area (Å²) >= 11 is 7.28. The molecule has 110 valence electrons. The average molecular weight is 322 g/mol. The zero-order valence-corrected chi connectivity index (χ0v) is 13.4. The first-order valence-corrected chi connectivity index (χ1v) is 7.92. The number of carbonyl (C=O) groups is 1. The molecule has 0 radical (unpaired) electrons. The highest BCUT2D eigenvalue weighted by Gasteiger charge is 2.30. The number of aromatic nitrogens is 1. The van der Waals surface area contributed by atoms with Gasteiger partial charge in [-0.1, -0.05) is 17.7 Å². The number of nitrogens with one attached hydrogen (secondary N) is 2. The van der Waals surface area contributed by atoms with Crippen LogP contribution in [0.1, 0.15) is 29.9 Å². The summed E-state index contributed by atoms with van der Waals surface area (Å²) in [5.41, 5.74) is 2.95. The van der Waals surface area contributed by atoms with Crippen molar-refractivity contribution in [2.45, 2.75) is 32.4 Å². The summed E-state index contributed by atoms with van der Waals surface area (Å²) in [6.07, 6.45) is 2.20. The highest BCUT2D eigenvalue weighted by atomic mass is 35.5. The van der Waals surface area contributed by atoms with Crippen molar-refractivity contribution < 1.29 is 4.79 Å². The second kappa shape index (κ2) is 5.31. The van der Waals surface area contributed by atoms with Gasteiger partial charge in [-0.05, 0) is 37.1 Å². The van der Waals surface area contributed by atoms with E-state index in [0.717, 1.165) is 16.1 Å². The van der Waals surface area contributed by atoms with Crippen LogP contribution in [0.3, 0.4) is 0 Å². The number of amides is 1. The van der Waals surface area contributed by atoms with Crippen molar-refractivity contribution in [3.63, 3.8) is 0 Å². The van der Waals surface area contributed by atoms with Gasteiger partial charge in [-0.15, -0.1) is 11.3 Å². The van der Waals surface area contributed by atoms with E-state index in [0.29, 0.717) is 17.4 Å². The highest BCUT2D eigenvalue weighted by Crippen LogP contribution is 2.30. The second-order valence-electron chi connectivity index (χ2n) is 5.65. The fraction of sp³-hybridized carbons (Fsp3) is 0.333. The molecule has 1 aliphatic rings. The van der Waals surface area contributed by atoms with E-state index in [-0.39, 0.29) is 11.4 Å². The summed E-state index contributed by atoms with van der Waals surface area (Å²) < 4.78 is 0.552. The summed E-state index contributed by atoms with van der Waals surface area (Å²) in [5, 5.41) is 6.36. The van der Waals surface area contributed by atoms with Crippen LogP contribution >= 0.6 is 22.9 Å². The maximum Gasteiger partial charge on any atom is 0.225 e. The first-order valence-electron chi connectivity index (χ1n) is 6.72. The number of benzene rings is 1. The molecule has 1 amide bonds. The Kier molecular flexibility index (Phi) is 3.63. The Morgan fingerprint density at radius 3 is 3.00 bits per heavy atom. The lowest BCUT2D eigenvalue weighted by Crippen LogP contribution is -2.46. The number of hydrogen-bond donors (Lipinski definition) is 2. The van der Waals surface area contributed by atoms with E-state index in [1.54, 1.807) is 6.20 Å². The van der Waals surface area contributed by atoms with Crippen molar-refractivity contribution in [3.8, 4) is 0 Å². The first-order chi connectivity index (χ1) is 9.94. The van der Waals surface area contributed by atoms with Crippen LogP contribution in [-0.4, -0.2) is 10.9 Å². The minimum absolute atomic E-state index is 0.0684. The molecular weight excluding hydrogens is 306 g/mol. The van der Waals surface area contributed by atoms with Gasteiger partial charge in [-0.2, -0.15) is 0 Å². The molecule has 0 aliphatic carbocycles. The Morgan fingerprint density at radius 1 is 1.48 bits per heavy atom. The zero-order valence-electron chi connectivity index (χ0n) is 11.9. The van der Waals surface area contributed by atoms with E-state index in [2.05, 4.69) is 27.8 Å².